The fourth-order valence-electron chi connectivity index (χ4n) is 5.28. The Balaban J connectivity index is 1.39. The number of nitrogens with zero attached hydrogens (tertiary/aromatic N) is 4. The zero-order valence-corrected chi connectivity index (χ0v) is 24.9. The van der Waals surface area contributed by atoms with Crippen LogP contribution in [0.1, 0.15) is 45.7 Å². The van der Waals surface area contributed by atoms with Crippen LogP contribution in [-0.4, -0.2) is 67.3 Å². The van der Waals surface area contributed by atoms with Gasteiger partial charge in [0.2, 0.25) is 5.60 Å². The SMILES string of the molecule is CCC(CC)COC(=O)[C@H](C)N[P@](=O)(Oc1ccccc1)O[C@@H]1CC12O[C@@](C#N)(c1ccc3c(N)ncnn13)[C@H](O)[C@@H]2O. The lowest BCUT2D eigenvalue weighted by Gasteiger charge is -2.25. The van der Waals surface area contributed by atoms with E-state index in [0.717, 1.165) is 12.8 Å². The maximum atomic E-state index is 14.1. The number of aliphatic hydroxyl groups excluding tert-OH is 2. The number of benzene rings is 1. The van der Waals surface area contributed by atoms with Gasteiger partial charge in [0.25, 0.3) is 0 Å². The molecule has 2 aromatic heterocycles. The number of aromatic nitrogens is 3. The Morgan fingerprint density at radius 2 is 1.98 bits per heavy atom. The van der Waals surface area contributed by atoms with Crippen molar-refractivity contribution in [3.63, 3.8) is 0 Å². The summed E-state index contributed by atoms with van der Waals surface area (Å²) in [5, 5.41) is 39.4. The van der Waals surface area contributed by atoms with Crippen LogP contribution < -0.4 is 15.3 Å². The molecule has 1 spiro atoms. The van der Waals surface area contributed by atoms with Crippen LogP contribution in [0.2, 0.25) is 0 Å². The van der Waals surface area contributed by atoms with Crippen molar-refractivity contribution in [2.45, 2.75) is 75.6 Å². The highest BCUT2D eigenvalue weighted by Gasteiger charge is 2.76. The number of hydrogen-bond donors (Lipinski definition) is 4. The molecule has 7 atom stereocenters. The van der Waals surface area contributed by atoms with E-state index in [1.165, 1.54) is 23.8 Å². The molecule has 0 amide bonds. The molecule has 1 aliphatic heterocycles. The van der Waals surface area contributed by atoms with Crippen LogP contribution in [0.15, 0.2) is 48.8 Å². The molecule has 1 unspecified atom stereocenters. The summed E-state index contributed by atoms with van der Waals surface area (Å²) >= 11 is 0. The van der Waals surface area contributed by atoms with Crippen LogP contribution in [0.5, 0.6) is 5.75 Å². The number of ether oxygens (including phenoxy) is 2. The molecular weight excluding hydrogens is 579 g/mol. The molecule has 0 bridgehead atoms. The Kier molecular flexibility index (Phi) is 8.50. The van der Waals surface area contributed by atoms with Crippen LogP contribution in [0.4, 0.5) is 5.82 Å². The number of anilines is 1. The fraction of sp³-hybridized carbons (Fsp3) is 0.500. The van der Waals surface area contributed by atoms with Crippen molar-refractivity contribution in [2.75, 3.05) is 12.3 Å². The van der Waals surface area contributed by atoms with Crippen molar-refractivity contribution in [3.05, 3.63) is 54.5 Å². The molecule has 1 aromatic carbocycles. The third-order valence-corrected chi connectivity index (χ3v) is 9.73. The van der Waals surface area contributed by atoms with Gasteiger partial charge in [-0.25, -0.2) is 14.1 Å². The average molecular weight is 615 g/mol. The second kappa shape index (κ2) is 11.8. The fourth-order valence-corrected chi connectivity index (χ4v) is 7.00. The maximum Gasteiger partial charge on any atom is 0.459 e. The number of fused-ring (bicyclic) bond motifs is 1. The van der Waals surface area contributed by atoms with E-state index in [-0.39, 0.29) is 36.2 Å². The molecule has 3 aromatic rings. The maximum absolute atomic E-state index is 14.1. The second-order valence-electron chi connectivity index (χ2n) is 10.8. The number of carbonyl (C=O) groups is 1. The Hall–Kier alpha value is -3.57. The van der Waals surface area contributed by atoms with Crippen molar-refractivity contribution in [2.24, 2.45) is 5.92 Å². The van der Waals surface area contributed by atoms with E-state index >= 15 is 0 Å². The molecule has 1 aliphatic carbocycles. The standard InChI is InChI=1S/C28H35N6O8P/c1-4-18(5-2)14-39-26(37)17(3)33-43(38,40-19-9-7-6-8-10-19)41-22-13-27(22)23(35)24(36)28(15-29,42-27)21-12-11-20-25(30)31-16-32-34(20)21/h6-12,16-18,22-24,35-36H,4-5,13-14H2,1-3H3,(H,33,38)(H2,30,31,32)/t17-,22+,23-,24+,27?,28-,43-/m0/s1. The van der Waals surface area contributed by atoms with Crippen molar-refractivity contribution < 1.29 is 38.1 Å². The summed E-state index contributed by atoms with van der Waals surface area (Å²) in [6.07, 6.45) is -1.61. The number of nitriles is 1. The van der Waals surface area contributed by atoms with Crippen LogP contribution in [0.3, 0.4) is 0 Å². The number of nitrogen functional groups attached to an aromatic ring is 1. The third kappa shape index (κ3) is 5.60. The van der Waals surface area contributed by atoms with Gasteiger partial charge in [0, 0.05) is 6.42 Å². The molecule has 15 heteroatoms. The Labute approximate surface area is 248 Å². The summed E-state index contributed by atoms with van der Waals surface area (Å²) in [4.78, 5) is 16.7. The van der Waals surface area contributed by atoms with Gasteiger partial charge in [0.05, 0.1) is 12.3 Å². The predicted molar refractivity (Wildman–Crippen MR) is 152 cm³/mol. The van der Waals surface area contributed by atoms with Gasteiger partial charge in [0.15, 0.2) is 5.82 Å². The average Bonchev–Trinajstić information content (AvgIpc) is 3.37. The van der Waals surface area contributed by atoms with Gasteiger partial charge < -0.3 is 29.9 Å². The minimum Gasteiger partial charge on any atom is -0.464 e. The van der Waals surface area contributed by atoms with Crippen LogP contribution in [0.25, 0.3) is 5.52 Å². The lowest BCUT2D eigenvalue weighted by atomic mass is 9.92. The summed E-state index contributed by atoms with van der Waals surface area (Å²) in [5.41, 5.74) is 2.73. The first kappa shape index (κ1) is 30.9. The van der Waals surface area contributed by atoms with Gasteiger partial charge in [0.1, 0.15) is 53.6 Å². The number of esters is 1. The van der Waals surface area contributed by atoms with Crippen molar-refractivity contribution >= 4 is 25.1 Å². The highest BCUT2D eigenvalue weighted by molar-refractivity contribution is 7.52. The topological polar surface area (TPSA) is 204 Å². The van der Waals surface area contributed by atoms with Crippen LogP contribution >= 0.6 is 7.75 Å². The van der Waals surface area contributed by atoms with Crippen LogP contribution in [-0.2, 0) is 29.0 Å². The lowest BCUT2D eigenvalue weighted by molar-refractivity contribution is -0.146. The highest BCUT2D eigenvalue weighted by Crippen LogP contribution is 2.62. The number of carbonyl (C=O) groups excluding carboxylic acids is 1. The van der Waals surface area contributed by atoms with E-state index in [4.69, 9.17) is 24.3 Å². The number of rotatable bonds is 12. The molecule has 14 nitrogen and oxygen atoms in total. The molecule has 2 aliphatic rings. The second-order valence-corrected chi connectivity index (χ2v) is 12.5. The Morgan fingerprint density at radius 1 is 1.26 bits per heavy atom. The molecule has 3 heterocycles. The first-order valence-corrected chi connectivity index (χ1v) is 15.6. The number of nitrogens with one attached hydrogen (secondary N) is 1. The van der Waals surface area contributed by atoms with Gasteiger partial charge in [-0.2, -0.15) is 15.4 Å². The zero-order valence-electron chi connectivity index (χ0n) is 24.0. The molecule has 0 radical (unpaired) electrons. The highest BCUT2D eigenvalue weighted by atomic mass is 31.2. The molecular formula is C28H35N6O8P. The lowest BCUT2D eigenvalue weighted by Crippen LogP contribution is -2.41. The smallest absolute Gasteiger partial charge is 0.459 e. The summed E-state index contributed by atoms with van der Waals surface area (Å²) in [5.74, 6) is -0.112. The quantitative estimate of drug-likeness (QED) is 0.171. The van der Waals surface area contributed by atoms with Gasteiger partial charge in [-0.1, -0.05) is 44.9 Å². The minimum absolute atomic E-state index is 0.0353. The number of hydrogen-bond acceptors (Lipinski definition) is 12. The number of nitrogens with two attached hydrogens (primary N) is 1. The van der Waals surface area contributed by atoms with E-state index in [1.807, 2.05) is 19.9 Å². The van der Waals surface area contributed by atoms with Crippen molar-refractivity contribution in [3.8, 4) is 11.8 Å². The van der Waals surface area contributed by atoms with Crippen molar-refractivity contribution in [1.82, 2.24) is 19.7 Å². The van der Waals surface area contributed by atoms with Gasteiger partial charge in [-0.05, 0) is 37.1 Å². The Morgan fingerprint density at radius 3 is 2.65 bits per heavy atom. The monoisotopic (exact) mass is 614 g/mol. The molecule has 1 saturated heterocycles. The summed E-state index contributed by atoms with van der Waals surface area (Å²) in [6.45, 7) is 5.70. The number of para-hydroxylation sites is 1. The summed E-state index contributed by atoms with van der Waals surface area (Å²) in [7, 11) is -4.34. The zero-order chi connectivity index (χ0) is 31.0. The normalized spacial score (nSPS) is 28.4. The third-order valence-electron chi connectivity index (χ3n) is 8.04. The Bertz CT molecular complexity index is 1560. The first-order valence-electron chi connectivity index (χ1n) is 14.1. The molecule has 2 fully saturated rings. The largest absolute Gasteiger partial charge is 0.464 e. The van der Waals surface area contributed by atoms with Crippen molar-refractivity contribution in [1.29, 1.82) is 5.26 Å². The molecule has 5 rings (SSSR count). The van der Waals surface area contributed by atoms with E-state index in [1.54, 1.807) is 36.4 Å². The predicted octanol–water partition coefficient (Wildman–Crippen LogP) is 2.45. The van der Waals surface area contributed by atoms with Gasteiger partial charge in [-0.15, -0.1) is 0 Å². The van der Waals surface area contributed by atoms with E-state index in [0.29, 0.717) is 5.52 Å². The van der Waals surface area contributed by atoms with E-state index in [2.05, 4.69) is 15.2 Å². The summed E-state index contributed by atoms with van der Waals surface area (Å²) in [6, 6.07) is 12.2. The summed E-state index contributed by atoms with van der Waals surface area (Å²) < 4.78 is 38.7. The molecule has 5 N–H and O–H groups in total. The van der Waals surface area contributed by atoms with Crippen LogP contribution in [0, 0.1) is 17.2 Å². The molecule has 1 saturated carbocycles. The number of aliphatic hydroxyl groups is 2. The van der Waals surface area contributed by atoms with E-state index in [9.17, 15) is 24.8 Å². The first-order chi connectivity index (χ1) is 20.5. The molecule has 43 heavy (non-hydrogen) atoms. The van der Waals surface area contributed by atoms with Gasteiger partial charge in [-0.3, -0.25) is 9.32 Å². The van der Waals surface area contributed by atoms with Gasteiger partial charge >= 0.3 is 13.7 Å². The van der Waals surface area contributed by atoms with E-state index < -0.39 is 49.3 Å². The molecule has 230 valence electrons. The minimum atomic E-state index is -4.34.